The number of rotatable bonds is 4. The fourth-order valence-electron chi connectivity index (χ4n) is 3.25. The number of aryl methyl sites for hydroxylation is 1. The summed E-state index contributed by atoms with van der Waals surface area (Å²) in [5, 5.41) is 3.49. The van der Waals surface area contributed by atoms with Gasteiger partial charge in [-0.2, -0.15) is 0 Å². The van der Waals surface area contributed by atoms with E-state index < -0.39 is 0 Å². The van der Waals surface area contributed by atoms with E-state index >= 15 is 0 Å². The first-order valence-electron chi connectivity index (χ1n) is 7.78. The minimum absolute atomic E-state index is 0.338. The van der Waals surface area contributed by atoms with Gasteiger partial charge in [-0.05, 0) is 42.6 Å². The molecule has 3 rings (SSSR count). The molecule has 2 nitrogen and oxygen atoms in total. The first kappa shape index (κ1) is 14.2. The molecule has 0 radical (unpaired) electrons. The Balaban J connectivity index is 1.84. The number of para-hydroxylation sites is 1. The predicted molar refractivity (Wildman–Crippen MR) is 86.8 cm³/mol. The number of hydrogen-bond acceptors (Lipinski definition) is 2. The third-order valence-electron chi connectivity index (χ3n) is 4.41. The molecule has 2 atom stereocenters. The van der Waals surface area contributed by atoms with E-state index in [1.54, 1.807) is 0 Å². The van der Waals surface area contributed by atoms with Crippen molar-refractivity contribution in [3.05, 3.63) is 65.2 Å². The first-order valence-corrected chi connectivity index (χ1v) is 7.78. The van der Waals surface area contributed by atoms with Crippen LogP contribution in [0.4, 0.5) is 0 Å². The highest BCUT2D eigenvalue weighted by atomic mass is 16.5. The molecule has 21 heavy (non-hydrogen) atoms. The zero-order chi connectivity index (χ0) is 14.7. The van der Waals surface area contributed by atoms with E-state index in [1.807, 2.05) is 13.1 Å². The zero-order valence-electron chi connectivity index (χ0n) is 12.8. The van der Waals surface area contributed by atoms with E-state index in [2.05, 4.69) is 54.7 Å². The van der Waals surface area contributed by atoms with Crippen LogP contribution in [-0.4, -0.2) is 13.7 Å². The van der Waals surface area contributed by atoms with Gasteiger partial charge in [0.25, 0.3) is 0 Å². The number of fused-ring (bicyclic) bond motifs is 1. The van der Waals surface area contributed by atoms with E-state index in [0.29, 0.717) is 12.0 Å². The van der Waals surface area contributed by atoms with Crippen LogP contribution in [-0.2, 0) is 12.8 Å². The van der Waals surface area contributed by atoms with Crippen LogP contribution in [0.1, 0.15) is 29.7 Å². The van der Waals surface area contributed by atoms with Crippen molar-refractivity contribution in [1.82, 2.24) is 5.32 Å². The molecule has 110 valence electrons. The Morgan fingerprint density at radius 3 is 2.86 bits per heavy atom. The van der Waals surface area contributed by atoms with E-state index in [9.17, 15) is 0 Å². The first-order chi connectivity index (χ1) is 10.3. The molecular formula is C19H23NO. The molecule has 0 aliphatic carbocycles. The van der Waals surface area contributed by atoms with E-state index in [4.69, 9.17) is 4.74 Å². The van der Waals surface area contributed by atoms with Crippen LogP contribution < -0.4 is 10.1 Å². The minimum atomic E-state index is 0.338. The van der Waals surface area contributed by atoms with Crippen molar-refractivity contribution in [3.8, 4) is 5.75 Å². The molecule has 1 aliphatic heterocycles. The molecule has 1 aliphatic rings. The Kier molecular flexibility index (Phi) is 4.26. The van der Waals surface area contributed by atoms with Crippen molar-refractivity contribution >= 4 is 0 Å². The molecule has 2 aromatic rings. The quantitative estimate of drug-likeness (QED) is 0.921. The summed E-state index contributed by atoms with van der Waals surface area (Å²) in [4.78, 5) is 0. The third-order valence-corrected chi connectivity index (χ3v) is 4.41. The topological polar surface area (TPSA) is 21.3 Å². The van der Waals surface area contributed by atoms with E-state index in [0.717, 1.165) is 25.2 Å². The van der Waals surface area contributed by atoms with Crippen molar-refractivity contribution in [3.63, 3.8) is 0 Å². The van der Waals surface area contributed by atoms with E-state index in [-0.39, 0.29) is 0 Å². The van der Waals surface area contributed by atoms with Gasteiger partial charge in [0.05, 0.1) is 6.61 Å². The maximum Gasteiger partial charge on any atom is 0.122 e. The maximum absolute atomic E-state index is 5.96. The largest absolute Gasteiger partial charge is 0.493 e. The smallest absolute Gasteiger partial charge is 0.122 e. The van der Waals surface area contributed by atoms with Crippen molar-refractivity contribution in [2.45, 2.75) is 25.8 Å². The van der Waals surface area contributed by atoms with E-state index in [1.165, 1.54) is 16.7 Å². The monoisotopic (exact) mass is 281 g/mol. The maximum atomic E-state index is 5.96. The molecule has 0 fully saturated rings. The average Bonchev–Trinajstić information content (AvgIpc) is 2.56. The second-order valence-corrected chi connectivity index (χ2v) is 5.75. The number of ether oxygens (including phenoxy) is 1. The lowest BCUT2D eigenvalue weighted by Crippen LogP contribution is -2.33. The zero-order valence-corrected chi connectivity index (χ0v) is 12.8. The van der Waals surface area contributed by atoms with Gasteiger partial charge in [0, 0.05) is 12.0 Å². The number of nitrogens with one attached hydrogen (secondary N) is 1. The molecule has 0 saturated heterocycles. The van der Waals surface area contributed by atoms with Crippen molar-refractivity contribution < 1.29 is 4.74 Å². The predicted octanol–water partition coefficient (Wildman–Crippen LogP) is 3.76. The Morgan fingerprint density at radius 1 is 1.19 bits per heavy atom. The van der Waals surface area contributed by atoms with Crippen molar-refractivity contribution in [2.75, 3.05) is 13.7 Å². The van der Waals surface area contributed by atoms with Gasteiger partial charge in [0.2, 0.25) is 0 Å². The molecule has 2 unspecified atom stereocenters. The minimum Gasteiger partial charge on any atom is -0.493 e. The lowest BCUT2D eigenvalue weighted by molar-refractivity contribution is 0.188. The number of hydrogen-bond donors (Lipinski definition) is 1. The highest BCUT2D eigenvalue weighted by Crippen LogP contribution is 2.33. The van der Waals surface area contributed by atoms with Gasteiger partial charge in [-0.3, -0.25) is 0 Å². The molecule has 2 aromatic carbocycles. The lowest BCUT2D eigenvalue weighted by atomic mass is 9.86. The van der Waals surface area contributed by atoms with Crippen molar-refractivity contribution in [1.29, 1.82) is 0 Å². The lowest BCUT2D eigenvalue weighted by Gasteiger charge is -2.32. The van der Waals surface area contributed by atoms with Crippen LogP contribution >= 0.6 is 0 Å². The molecular weight excluding hydrogens is 258 g/mol. The fourth-order valence-corrected chi connectivity index (χ4v) is 3.25. The van der Waals surface area contributed by atoms with Crippen LogP contribution in [0.2, 0.25) is 0 Å². The van der Waals surface area contributed by atoms with Gasteiger partial charge < -0.3 is 10.1 Å². The molecule has 1 N–H and O–H groups in total. The van der Waals surface area contributed by atoms with Gasteiger partial charge in [-0.25, -0.2) is 0 Å². The average molecular weight is 281 g/mol. The van der Waals surface area contributed by atoms with Crippen LogP contribution in [0.3, 0.4) is 0 Å². The summed E-state index contributed by atoms with van der Waals surface area (Å²) < 4.78 is 5.96. The SMILES string of the molecule is CCc1cccc(C(NC)C2COc3ccccc3C2)c1. The molecule has 0 saturated carbocycles. The van der Waals surface area contributed by atoms with Crippen LogP contribution in [0.15, 0.2) is 48.5 Å². The summed E-state index contributed by atoms with van der Waals surface area (Å²) in [5.74, 6) is 1.52. The standard InChI is InChI=1S/C19H23NO/c1-3-14-7-6-9-16(11-14)19(20-2)17-12-15-8-4-5-10-18(15)21-13-17/h4-11,17,19-20H,3,12-13H2,1-2H3. The second-order valence-electron chi connectivity index (χ2n) is 5.75. The summed E-state index contributed by atoms with van der Waals surface area (Å²) in [6, 6.07) is 17.6. The van der Waals surface area contributed by atoms with Crippen LogP contribution in [0.5, 0.6) is 5.75 Å². The van der Waals surface area contributed by atoms with Gasteiger partial charge in [-0.15, -0.1) is 0 Å². The molecule has 0 bridgehead atoms. The Morgan fingerprint density at radius 2 is 2.05 bits per heavy atom. The third kappa shape index (κ3) is 2.96. The van der Waals surface area contributed by atoms with Gasteiger partial charge in [0.15, 0.2) is 0 Å². The van der Waals surface area contributed by atoms with Gasteiger partial charge in [0.1, 0.15) is 5.75 Å². The normalized spacial score (nSPS) is 18.7. The summed E-state index contributed by atoms with van der Waals surface area (Å²) >= 11 is 0. The van der Waals surface area contributed by atoms with Gasteiger partial charge >= 0.3 is 0 Å². The Bertz CT molecular complexity index is 608. The molecule has 0 aromatic heterocycles. The highest BCUT2D eigenvalue weighted by Gasteiger charge is 2.27. The Labute approximate surface area is 127 Å². The second kappa shape index (κ2) is 6.31. The summed E-state index contributed by atoms with van der Waals surface area (Å²) in [6.07, 6.45) is 2.15. The molecule has 0 spiro atoms. The summed E-state index contributed by atoms with van der Waals surface area (Å²) in [7, 11) is 2.05. The Hall–Kier alpha value is -1.80. The summed E-state index contributed by atoms with van der Waals surface area (Å²) in [6.45, 7) is 2.98. The van der Waals surface area contributed by atoms with Crippen LogP contribution in [0, 0.1) is 5.92 Å². The molecule has 2 heteroatoms. The molecule has 1 heterocycles. The fraction of sp³-hybridized carbons (Fsp3) is 0.368. The molecule has 0 amide bonds. The van der Waals surface area contributed by atoms with Crippen molar-refractivity contribution in [2.24, 2.45) is 5.92 Å². The van der Waals surface area contributed by atoms with Gasteiger partial charge in [-0.1, -0.05) is 49.4 Å². The summed E-state index contributed by atoms with van der Waals surface area (Å²) in [5.41, 5.74) is 4.08. The number of benzene rings is 2. The highest BCUT2D eigenvalue weighted by molar-refractivity contribution is 5.36. The van der Waals surface area contributed by atoms with Crippen LogP contribution in [0.25, 0.3) is 0 Å².